The van der Waals surface area contributed by atoms with Gasteiger partial charge in [0.1, 0.15) is 0 Å². The maximum Gasteiger partial charge on any atom is 0.0235 e. The topological polar surface area (TPSA) is 18.5 Å². The Kier molecular flexibility index (Phi) is 4.22. The molecule has 0 amide bonds. The van der Waals surface area contributed by atoms with Crippen molar-refractivity contribution < 1.29 is 0 Å². The largest absolute Gasteiger partial charge is 0.316 e. The van der Waals surface area contributed by atoms with Crippen molar-refractivity contribution >= 4 is 0 Å². The molecule has 18 heavy (non-hydrogen) atoms. The van der Waals surface area contributed by atoms with E-state index in [1.165, 1.54) is 71.5 Å². The summed E-state index contributed by atoms with van der Waals surface area (Å²) in [5.74, 6) is 1.77. The molecule has 3 nitrogen and oxygen atoms in total. The number of piperidine rings is 1. The Labute approximate surface area is 112 Å². The Morgan fingerprint density at radius 3 is 2.61 bits per heavy atom. The van der Waals surface area contributed by atoms with Crippen LogP contribution in [-0.4, -0.2) is 61.7 Å². The lowest BCUT2D eigenvalue weighted by Crippen LogP contribution is -2.41. The van der Waals surface area contributed by atoms with E-state index in [-0.39, 0.29) is 0 Å². The Morgan fingerprint density at radius 2 is 1.89 bits per heavy atom. The maximum atomic E-state index is 3.53. The summed E-state index contributed by atoms with van der Waals surface area (Å²) in [4.78, 5) is 5.49. The van der Waals surface area contributed by atoms with Crippen LogP contribution in [0.25, 0.3) is 0 Å². The van der Waals surface area contributed by atoms with Gasteiger partial charge >= 0.3 is 0 Å². The molecule has 3 fully saturated rings. The zero-order chi connectivity index (χ0) is 12.4. The van der Waals surface area contributed by atoms with Crippen LogP contribution >= 0.6 is 0 Å². The standard InChI is InChI=1S/C15H29N3/c1-13-9-16-10-14(13)11-17-8-5-15(12-17)18-6-3-2-4-7-18/h13-16H,2-12H2,1H3. The minimum atomic E-state index is 0.870. The van der Waals surface area contributed by atoms with Gasteiger partial charge < -0.3 is 10.2 Å². The van der Waals surface area contributed by atoms with Gasteiger partial charge in [0.2, 0.25) is 0 Å². The number of hydrogen-bond acceptors (Lipinski definition) is 3. The molecule has 3 aliphatic heterocycles. The number of hydrogen-bond donors (Lipinski definition) is 1. The molecule has 0 spiro atoms. The third-order valence-electron chi connectivity index (χ3n) is 5.32. The predicted octanol–water partition coefficient (Wildman–Crippen LogP) is 1.40. The SMILES string of the molecule is CC1CNCC1CN1CCC(N2CCCCC2)C1. The molecule has 0 aliphatic carbocycles. The lowest BCUT2D eigenvalue weighted by atomic mass is 9.98. The van der Waals surface area contributed by atoms with Gasteiger partial charge in [-0.3, -0.25) is 4.90 Å². The van der Waals surface area contributed by atoms with Crippen molar-refractivity contribution in [3.63, 3.8) is 0 Å². The van der Waals surface area contributed by atoms with Gasteiger partial charge in [0.25, 0.3) is 0 Å². The predicted molar refractivity (Wildman–Crippen MR) is 75.8 cm³/mol. The fraction of sp³-hybridized carbons (Fsp3) is 1.00. The van der Waals surface area contributed by atoms with Crippen molar-refractivity contribution in [2.45, 2.75) is 38.6 Å². The third kappa shape index (κ3) is 2.89. The Hall–Kier alpha value is -0.120. The molecule has 3 aliphatic rings. The summed E-state index contributed by atoms with van der Waals surface area (Å²) >= 11 is 0. The van der Waals surface area contributed by atoms with E-state index >= 15 is 0 Å². The summed E-state index contributed by atoms with van der Waals surface area (Å²) in [6.07, 6.45) is 5.73. The van der Waals surface area contributed by atoms with Crippen LogP contribution in [-0.2, 0) is 0 Å². The van der Waals surface area contributed by atoms with Crippen molar-refractivity contribution in [3.05, 3.63) is 0 Å². The summed E-state index contributed by atoms with van der Waals surface area (Å²) in [6, 6.07) is 0.870. The minimum Gasteiger partial charge on any atom is -0.316 e. The number of rotatable bonds is 3. The fourth-order valence-electron chi connectivity index (χ4n) is 4.00. The summed E-state index contributed by atoms with van der Waals surface area (Å²) in [7, 11) is 0. The third-order valence-corrected chi connectivity index (χ3v) is 5.32. The van der Waals surface area contributed by atoms with Crippen molar-refractivity contribution in [1.29, 1.82) is 0 Å². The monoisotopic (exact) mass is 251 g/mol. The van der Waals surface area contributed by atoms with Crippen molar-refractivity contribution in [3.8, 4) is 0 Å². The van der Waals surface area contributed by atoms with Gasteiger partial charge in [0, 0.05) is 19.1 Å². The molecular formula is C15H29N3. The average Bonchev–Trinajstić information content (AvgIpc) is 3.02. The molecule has 0 aromatic heterocycles. The molecular weight excluding hydrogens is 222 g/mol. The molecule has 0 aromatic carbocycles. The van der Waals surface area contributed by atoms with Crippen molar-refractivity contribution in [2.75, 3.05) is 45.8 Å². The highest BCUT2D eigenvalue weighted by Gasteiger charge is 2.31. The van der Waals surface area contributed by atoms with E-state index in [1.807, 2.05) is 0 Å². The highest BCUT2D eigenvalue weighted by atomic mass is 15.3. The molecule has 3 rings (SSSR count). The molecule has 0 radical (unpaired) electrons. The second-order valence-electron chi connectivity index (χ2n) is 6.69. The Balaban J connectivity index is 1.46. The number of nitrogens with zero attached hydrogens (tertiary/aromatic N) is 2. The molecule has 3 heterocycles. The zero-order valence-electron chi connectivity index (χ0n) is 11.9. The van der Waals surface area contributed by atoms with Crippen molar-refractivity contribution in [1.82, 2.24) is 15.1 Å². The van der Waals surface area contributed by atoms with Gasteiger partial charge in [-0.25, -0.2) is 0 Å². The van der Waals surface area contributed by atoms with E-state index in [0.29, 0.717) is 0 Å². The first-order valence-corrected chi connectivity index (χ1v) is 8.00. The number of likely N-dealkylation sites (tertiary alicyclic amines) is 2. The van der Waals surface area contributed by atoms with E-state index in [9.17, 15) is 0 Å². The van der Waals surface area contributed by atoms with Gasteiger partial charge in [-0.05, 0) is 63.8 Å². The van der Waals surface area contributed by atoms with Gasteiger partial charge in [-0.15, -0.1) is 0 Å². The van der Waals surface area contributed by atoms with E-state index in [1.54, 1.807) is 0 Å². The lowest BCUT2D eigenvalue weighted by Gasteiger charge is -2.32. The van der Waals surface area contributed by atoms with Gasteiger partial charge in [0.15, 0.2) is 0 Å². The molecule has 0 saturated carbocycles. The average molecular weight is 251 g/mol. The molecule has 3 heteroatoms. The van der Waals surface area contributed by atoms with Crippen LogP contribution < -0.4 is 5.32 Å². The first kappa shape index (κ1) is 12.9. The van der Waals surface area contributed by atoms with E-state index < -0.39 is 0 Å². The first-order valence-electron chi connectivity index (χ1n) is 8.00. The van der Waals surface area contributed by atoms with Crippen LogP contribution in [0.4, 0.5) is 0 Å². The molecule has 104 valence electrons. The highest BCUT2D eigenvalue weighted by Crippen LogP contribution is 2.23. The Morgan fingerprint density at radius 1 is 1.06 bits per heavy atom. The number of nitrogens with one attached hydrogen (secondary N) is 1. The van der Waals surface area contributed by atoms with Crippen LogP contribution in [0, 0.1) is 11.8 Å². The van der Waals surface area contributed by atoms with Crippen LogP contribution in [0.5, 0.6) is 0 Å². The van der Waals surface area contributed by atoms with Gasteiger partial charge in [0.05, 0.1) is 0 Å². The lowest BCUT2D eigenvalue weighted by molar-refractivity contribution is 0.157. The van der Waals surface area contributed by atoms with Crippen LogP contribution in [0.15, 0.2) is 0 Å². The molecule has 0 aromatic rings. The summed E-state index contributed by atoms with van der Waals surface area (Å²) in [5, 5.41) is 3.53. The second kappa shape index (κ2) is 5.89. The van der Waals surface area contributed by atoms with E-state index in [4.69, 9.17) is 0 Å². The van der Waals surface area contributed by atoms with E-state index in [0.717, 1.165) is 17.9 Å². The highest BCUT2D eigenvalue weighted by molar-refractivity contribution is 4.88. The second-order valence-corrected chi connectivity index (χ2v) is 6.69. The molecule has 3 atom stereocenters. The summed E-state index contributed by atoms with van der Waals surface area (Å²) < 4.78 is 0. The summed E-state index contributed by atoms with van der Waals surface area (Å²) in [6.45, 7) is 11.6. The van der Waals surface area contributed by atoms with E-state index in [2.05, 4.69) is 22.0 Å². The minimum absolute atomic E-state index is 0.870. The first-order chi connectivity index (χ1) is 8.83. The summed E-state index contributed by atoms with van der Waals surface area (Å²) in [5.41, 5.74) is 0. The van der Waals surface area contributed by atoms with Gasteiger partial charge in [-0.2, -0.15) is 0 Å². The molecule has 3 unspecified atom stereocenters. The van der Waals surface area contributed by atoms with Gasteiger partial charge in [-0.1, -0.05) is 13.3 Å². The normalized spacial score (nSPS) is 39.5. The van der Waals surface area contributed by atoms with Crippen molar-refractivity contribution in [2.24, 2.45) is 11.8 Å². The zero-order valence-corrected chi connectivity index (χ0v) is 11.9. The molecule has 1 N–H and O–H groups in total. The smallest absolute Gasteiger partial charge is 0.0235 e. The molecule has 3 saturated heterocycles. The maximum absolute atomic E-state index is 3.53. The Bertz CT molecular complexity index is 262. The van der Waals surface area contributed by atoms with Crippen LogP contribution in [0.2, 0.25) is 0 Å². The quantitative estimate of drug-likeness (QED) is 0.818. The fourth-order valence-corrected chi connectivity index (χ4v) is 4.00. The van der Waals surface area contributed by atoms with Crippen LogP contribution in [0.1, 0.15) is 32.6 Å². The van der Waals surface area contributed by atoms with Crippen LogP contribution in [0.3, 0.4) is 0 Å². The molecule has 0 bridgehead atoms.